The SMILES string of the molecule is CC(N)C(C)C(=O)C1CCCCCC1. The highest BCUT2D eigenvalue weighted by molar-refractivity contribution is 5.83. The van der Waals surface area contributed by atoms with Crippen molar-refractivity contribution in [1.29, 1.82) is 0 Å². The smallest absolute Gasteiger partial charge is 0.140 e. The Hall–Kier alpha value is -0.370. The molecule has 0 aromatic heterocycles. The first kappa shape index (κ1) is 11.7. The van der Waals surface area contributed by atoms with Crippen LogP contribution in [0.25, 0.3) is 0 Å². The van der Waals surface area contributed by atoms with E-state index in [1.54, 1.807) is 0 Å². The Balaban J connectivity index is 2.49. The second kappa shape index (κ2) is 5.50. The first-order valence-corrected chi connectivity index (χ1v) is 5.92. The molecule has 1 fully saturated rings. The summed E-state index contributed by atoms with van der Waals surface area (Å²) in [5.41, 5.74) is 5.76. The largest absolute Gasteiger partial charge is 0.327 e. The maximum atomic E-state index is 12.0. The minimum Gasteiger partial charge on any atom is -0.327 e. The van der Waals surface area contributed by atoms with Gasteiger partial charge in [-0.05, 0) is 19.8 Å². The molecule has 0 saturated heterocycles. The minimum absolute atomic E-state index is 0.00533. The van der Waals surface area contributed by atoms with E-state index in [9.17, 15) is 4.79 Å². The molecule has 0 aromatic rings. The Morgan fingerprint density at radius 2 is 1.64 bits per heavy atom. The third-order valence-corrected chi connectivity index (χ3v) is 3.50. The van der Waals surface area contributed by atoms with Crippen LogP contribution in [0, 0.1) is 11.8 Å². The molecular weight excluding hydrogens is 174 g/mol. The third kappa shape index (κ3) is 3.09. The standard InChI is InChI=1S/C12H23NO/c1-9(10(2)13)12(14)11-7-5-3-4-6-8-11/h9-11H,3-8,13H2,1-2H3. The van der Waals surface area contributed by atoms with E-state index in [0.717, 1.165) is 12.8 Å². The maximum absolute atomic E-state index is 12.0. The third-order valence-electron chi connectivity index (χ3n) is 3.50. The number of carbonyl (C=O) groups excluding carboxylic acids is 1. The lowest BCUT2D eigenvalue weighted by Gasteiger charge is -2.20. The van der Waals surface area contributed by atoms with E-state index in [2.05, 4.69) is 0 Å². The lowest BCUT2D eigenvalue weighted by atomic mass is 9.85. The fourth-order valence-corrected chi connectivity index (χ4v) is 2.19. The number of hydrogen-bond donors (Lipinski definition) is 1. The maximum Gasteiger partial charge on any atom is 0.140 e. The first-order valence-electron chi connectivity index (χ1n) is 5.92. The summed E-state index contributed by atoms with van der Waals surface area (Å²) >= 11 is 0. The predicted molar refractivity (Wildman–Crippen MR) is 59.0 cm³/mol. The van der Waals surface area contributed by atoms with E-state index >= 15 is 0 Å². The lowest BCUT2D eigenvalue weighted by Crippen LogP contribution is -2.34. The van der Waals surface area contributed by atoms with Crippen molar-refractivity contribution < 1.29 is 4.79 Å². The van der Waals surface area contributed by atoms with Crippen LogP contribution in [-0.2, 0) is 4.79 Å². The van der Waals surface area contributed by atoms with Crippen LogP contribution in [0.3, 0.4) is 0 Å². The molecule has 14 heavy (non-hydrogen) atoms. The molecule has 1 aliphatic carbocycles. The normalized spacial score (nSPS) is 23.9. The van der Waals surface area contributed by atoms with Gasteiger partial charge in [0.1, 0.15) is 5.78 Å². The average Bonchev–Trinajstić information content (AvgIpc) is 2.43. The van der Waals surface area contributed by atoms with Crippen LogP contribution < -0.4 is 5.73 Å². The molecule has 2 N–H and O–H groups in total. The topological polar surface area (TPSA) is 43.1 Å². The highest BCUT2D eigenvalue weighted by atomic mass is 16.1. The second-order valence-electron chi connectivity index (χ2n) is 4.74. The molecule has 0 aromatic carbocycles. The van der Waals surface area contributed by atoms with Gasteiger partial charge in [0.15, 0.2) is 0 Å². The zero-order chi connectivity index (χ0) is 10.6. The molecule has 2 heteroatoms. The molecule has 0 spiro atoms. The van der Waals surface area contributed by atoms with E-state index in [0.29, 0.717) is 11.7 Å². The van der Waals surface area contributed by atoms with Crippen LogP contribution in [0.2, 0.25) is 0 Å². The summed E-state index contributed by atoms with van der Waals surface area (Å²) in [7, 11) is 0. The number of hydrogen-bond acceptors (Lipinski definition) is 2. The van der Waals surface area contributed by atoms with Gasteiger partial charge in [-0.15, -0.1) is 0 Å². The highest BCUT2D eigenvalue weighted by Gasteiger charge is 2.26. The van der Waals surface area contributed by atoms with Crippen LogP contribution in [0.15, 0.2) is 0 Å². The second-order valence-corrected chi connectivity index (χ2v) is 4.74. The molecule has 0 bridgehead atoms. The van der Waals surface area contributed by atoms with Gasteiger partial charge in [0, 0.05) is 17.9 Å². The summed E-state index contributed by atoms with van der Waals surface area (Å²) in [5, 5.41) is 0. The van der Waals surface area contributed by atoms with Gasteiger partial charge in [0.05, 0.1) is 0 Å². The Kier molecular flexibility index (Phi) is 4.59. The monoisotopic (exact) mass is 197 g/mol. The Bertz CT molecular complexity index is 181. The van der Waals surface area contributed by atoms with Gasteiger partial charge in [-0.3, -0.25) is 4.79 Å². The van der Waals surface area contributed by atoms with Gasteiger partial charge in [-0.1, -0.05) is 32.6 Å². The van der Waals surface area contributed by atoms with Crippen molar-refractivity contribution in [3.05, 3.63) is 0 Å². The van der Waals surface area contributed by atoms with Crippen LogP contribution >= 0.6 is 0 Å². The fraction of sp³-hybridized carbons (Fsp3) is 0.917. The number of Topliss-reactive ketones (excluding diaryl/α,β-unsaturated/α-hetero) is 1. The van der Waals surface area contributed by atoms with Crippen LogP contribution in [0.1, 0.15) is 52.4 Å². The van der Waals surface area contributed by atoms with Crippen molar-refractivity contribution in [2.75, 3.05) is 0 Å². The molecule has 1 saturated carbocycles. The Morgan fingerprint density at radius 3 is 2.07 bits per heavy atom. The number of rotatable bonds is 3. The van der Waals surface area contributed by atoms with E-state index in [1.807, 2.05) is 13.8 Å². The molecule has 0 heterocycles. The molecule has 0 aliphatic heterocycles. The lowest BCUT2D eigenvalue weighted by molar-refractivity contribution is -0.127. The summed E-state index contributed by atoms with van der Waals surface area (Å²) in [6, 6.07) is 0.00533. The van der Waals surface area contributed by atoms with Crippen molar-refractivity contribution in [3.63, 3.8) is 0 Å². The Labute approximate surface area is 87.2 Å². The van der Waals surface area contributed by atoms with Gasteiger partial charge in [0.25, 0.3) is 0 Å². The summed E-state index contributed by atoms with van der Waals surface area (Å²) in [6.07, 6.45) is 7.24. The van der Waals surface area contributed by atoms with E-state index < -0.39 is 0 Å². The van der Waals surface area contributed by atoms with Crippen LogP contribution in [0.5, 0.6) is 0 Å². The summed E-state index contributed by atoms with van der Waals surface area (Å²) < 4.78 is 0. The van der Waals surface area contributed by atoms with Gasteiger partial charge in [0.2, 0.25) is 0 Å². The van der Waals surface area contributed by atoms with Crippen molar-refractivity contribution in [2.24, 2.45) is 17.6 Å². The van der Waals surface area contributed by atoms with Gasteiger partial charge in [-0.25, -0.2) is 0 Å². The number of ketones is 1. The molecule has 1 aliphatic rings. The first-order chi connectivity index (χ1) is 6.63. The van der Waals surface area contributed by atoms with Gasteiger partial charge in [-0.2, -0.15) is 0 Å². The molecule has 1 rings (SSSR count). The van der Waals surface area contributed by atoms with E-state index in [-0.39, 0.29) is 12.0 Å². The summed E-state index contributed by atoms with van der Waals surface area (Å²) in [5.74, 6) is 0.749. The average molecular weight is 197 g/mol. The van der Waals surface area contributed by atoms with E-state index in [1.165, 1.54) is 25.7 Å². The van der Waals surface area contributed by atoms with Crippen molar-refractivity contribution in [2.45, 2.75) is 58.4 Å². The van der Waals surface area contributed by atoms with Gasteiger partial charge >= 0.3 is 0 Å². The van der Waals surface area contributed by atoms with Crippen molar-refractivity contribution >= 4 is 5.78 Å². The zero-order valence-corrected chi connectivity index (χ0v) is 9.46. The Morgan fingerprint density at radius 1 is 1.14 bits per heavy atom. The van der Waals surface area contributed by atoms with Crippen LogP contribution in [0.4, 0.5) is 0 Å². The fourth-order valence-electron chi connectivity index (χ4n) is 2.19. The van der Waals surface area contributed by atoms with E-state index in [4.69, 9.17) is 5.73 Å². The number of carbonyl (C=O) groups is 1. The number of nitrogens with two attached hydrogens (primary N) is 1. The van der Waals surface area contributed by atoms with Crippen molar-refractivity contribution in [1.82, 2.24) is 0 Å². The minimum atomic E-state index is 0.00533. The summed E-state index contributed by atoms with van der Waals surface area (Å²) in [4.78, 5) is 12.0. The highest BCUT2D eigenvalue weighted by Crippen LogP contribution is 2.26. The van der Waals surface area contributed by atoms with Crippen molar-refractivity contribution in [3.8, 4) is 0 Å². The van der Waals surface area contributed by atoms with Crippen LogP contribution in [-0.4, -0.2) is 11.8 Å². The molecule has 2 nitrogen and oxygen atoms in total. The molecule has 0 amide bonds. The van der Waals surface area contributed by atoms with Gasteiger partial charge < -0.3 is 5.73 Å². The zero-order valence-electron chi connectivity index (χ0n) is 9.46. The molecule has 0 radical (unpaired) electrons. The predicted octanol–water partition coefficient (Wildman–Crippen LogP) is 2.51. The quantitative estimate of drug-likeness (QED) is 0.706. The molecule has 2 atom stereocenters. The molecule has 82 valence electrons. The molecular formula is C12H23NO. The molecule has 2 unspecified atom stereocenters. The summed E-state index contributed by atoms with van der Waals surface area (Å²) in [6.45, 7) is 3.90.